The molecule has 19 heteroatoms. The first-order chi connectivity index (χ1) is 22.0. The average Bonchev–Trinajstić information content (AvgIpc) is 3.63. The maximum absolute atomic E-state index is 14.8. The SMILES string of the molecule is CCOP(O)C(F)(F)c1ccc2sc(C(=O)N[C@H]3CN(CC)CC[C@H]4CC[C@@H](C(=O)N[C@@H](CCS(N)(=O)=O)C(=O)O)N4C3=O)cc2c1. The van der Waals surface area contributed by atoms with Crippen LogP contribution in [0.3, 0.4) is 0 Å². The second-order valence-electron chi connectivity index (χ2n) is 11.4. The van der Waals surface area contributed by atoms with E-state index in [0.717, 1.165) is 17.4 Å². The van der Waals surface area contributed by atoms with Crippen LogP contribution in [0, 0.1) is 0 Å². The van der Waals surface area contributed by atoms with Crippen LogP contribution in [-0.4, -0.2) is 108 Å². The van der Waals surface area contributed by atoms with Crippen LogP contribution < -0.4 is 15.8 Å². The number of sulfonamides is 1. The van der Waals surface area contributed by atoms with E-state index in [1.54, 1.807) is 0 Å². The Morgan fingerprint density at radius 3 is 2.57 bits per heavy atom. The van der Waals surface area contributed by atoms with Crippen molar-refractivity contribution in [3.63, 3.8) is 0 Å². The molecule has 3 amide bonds. The fourth-order valence-corrected chi connectivity index (χ4v) is 8.06. The average molecular weight is 722 g/mol. The summed E-state index contributed by atoms with van der Waals surface area (Å²) < 4.78 is 57.5. The topological polar surface area (TPSA) is 209 Å². The van der Waals surface area contributed by atoms with Crippen molar-refractivity contribution in [2.24, 2.45) is 5.14 Å². The largest absolute Gasteiger partial charge is 0.480 e. The standard InChI is InChI=1S/C28H38F2N5O9PS2/c1-3-34-11-9-18-6-7-21(24(36)32-19(27(39)40)10-12-47(31,42)43)35(18)26(38)20(15-34)33-25(37)23-14-16-13-17(5-8-22(16)46-23)28(29,30)45(41)44-4-2/h5,8,13-14,18-21,41H,3-4,6-7,9-12,15H2,1-2H3,(H,32,36)(H,33,37)(H,39,40)(H2,31,42,43)/t18-,19+,20+,21+,45?/m1/s1. The first kappa shape index (κ1) is 37.0. The fourth-order valence-electron chi connectivity index (χ4n) is 5.78. The lowest BCUT2D eigenvalue weighted by Gasteiger charge is -2.38. The van der Waals surface area contributed by atoms with Gasteiger partial charge >= 0.3 is 11.6 Å². The molecule has 2 aliphatic heterocycles. The number of carboxylic acid groups (broad SMARTS) is 1. The van der Waals surface area contributed by atoms with E-state index in [-0.39, 0.29) is 30.5 Å². The molecule has 14 nitrogen and oxygen atoms in total. The number of nitrogens with one attached hydrogen (secondary N) is 2. The van der Waals surface area contributed by atoms with Gasteiger partial charge in [-0.3, -0.25) is 14.4 Å². The van der Waals surface area contributed by atoms with Crippen molar-refractivity contribution in [1.82, 2.24) is 20.4 Å². The highest BCUT2D eigenvalue weighted by molar-refractivity contribution is 7.89. The minimum absolute atomic E-state index is 0.0914. The van der Waals surface area contributed by atoms with E-state index in [0.29, 0.717) is 36.0 Å². The van der Waals surface area contributed by atoms with Crippen LogP contribution in [0.15, 0.2) is 24.3 Å². The van der Waals surface area contributed by atoms with Crippen LogP contribution in [0.5, 0.6) is 0 Å². The molecule has 0 aliphatic carbocycles. The summed E-state index contributed by atoms with van der Waals surface area (Å²) in [7, 11) is -7.05. The van der Waals surface area contributed by atoms with Crippen molar-refractivity contribution < 1.29 is 50.9 Å². The maximum Gasteiger partial charge on any atom is 0.339 e. The van der Waals surface area contributed by atoms with Gasteiger partial charge in [-0.2, -0.15) is 8.78 Å². The quantitative estimate of drug-likeness (QED) is 0.189. The number of carbonyl (C=O) groups excluding carboxylic acids is 3. The predicted octanol–water partition coefficient (Wildman–Crippen LogP) is 1.72. The van der Waals surface area contributed by atoms with Gasteiger partial charge in [0.05, 0.1) is 17.2 Å². The number of hydrogen-bond acceptors (Lipinski definition) is 10. The van der Waals surface area contributed by atoms with Crippen LogP contribution in [-0.2, 0) is 34.6 Å². The highest BCUT2D eigenvalue weighted by atomic mass is 32.2. The summed E-state index contributed by atoms with van der Waals surface area (Å²) in [6.45, 7) is 4.58. The summed E-state index contributed by atoms with van der Waals surface area (Å²) in [5.41, 5.74) is -4.11. The molecule has 4 rings (SSSR count). The second-order valence-corrected chi connectivity index (χ2v) is 15.5. The number of halogens is 2. The number of likely N-dealkylation sites (N-methyl/N-ethyl adjacent to an activating group) is 1. The number of nitrogens with zero attached hydrogens (tertiary/aromatic N) is 2. The molecule has 1 unspecified atom stereocenters. The van der Waals surface area contributed by atoms with E-state index in [4.69, 9.17) is 9.66 Å². The van der Waals surface area contributed by atoms with E-state index < -0.39 is 83.6 Å². The number of fused-ring (bicyclic) bond motifs is 2. The van der Waals surface area contributed by atoms with Crippen LogP contribution in [0.4, 0.5) is 8.78 Å². The zero-order valence-electron chi connectivity index (χ0n) is 25.7. The lowest BCUT2D eigenvalue weighted by molar-refractivity contribution is -0.146. The van der Waals surface area contributed by atoms with Crippen LogP contribution in [0.1, 0.15) is 54.8 Å². The van der Waals surface area contributed by atoms with Crippen molar-refractivity contribution in [2.75, 3.05) is 32.0 Å². The Balaban J connectivity index is 1.55. The minimum atomic E-state index is -3.99. The molecule has 2 fully saturated rings. The molecule has 2 saturated heterocycles. The number of carboxylic acids is 1. The summed E-state index contributed by atoms with van der Waals surface area (Å²) in [5.74, 6) is -4.04. The molecule has 0 saturated carbocycles. The van der Waals surface area contributed by atoms with Crippen molar-refractivity contribution >= 4 is 63.5 Å². The van der Waals surface area contributed by atoms with Gasteiger partial charge in [-0.25, -0.2) is 18.4 Å². The van der Waals surface area contributed by atoms with Gasteiger partial charge in [0, 0.05) is 29.4 Å². The molecule has 0 spiro atoms. The van der Waals surface area contributed by atoms with Crippen LogP contribution in [0.25, 0.3) is 10.1 Å². The first-order valence-corrected chi connectivity index (χ1v) is 18.7. The fraction of sp³-hybridized carbons (Fsp3) is 0.571. The number of hydrogen-bond donors (Lipinski definition) is 5. The second kappa shape index (κ2) is 15.1. The van der Waals surface area contributed by atoms with Gasteiger partial charge in [0.1, 0.15) is 18.1 Å². The Morgan fingerprint density at radius 1 is 1.21 bits per heavy atom. The molecule has 5 atom stereocenters. The molecule has 0 radical (unpaired) electrons. The molecular weight excluding hydrogens is 683 g/mol. The number of rotatable bonds is 13. The van der Waals surface area contributed by atoms with Crippen LogP contribution >= 0.6 is 19.7 Å². The van der Waals surface area contributed by atoms with E-state index >= 15 is 0 Å². The van der Waals surface area contributed by atoms with Crippen molar-refractivity contribution in [3.8, 4) is 0 Å². The highest BCUT2D eigenvalue weighted by Crippen LogP contribution is 2.56. The molecule has 0 bridgehead atoms. The van der Waals surface area contributed by atoms with E-state index in [1.165, 1.54) is 30.0 Å². The van der Waals surface area contributed by atoms with Crippen LogP contribution in [0.2, 0.25) is 0 Å². The normalized spacial score (nSPS) is 22.3. The summed E-state index contributed by atoms with van der Waals surface area (Å²) >= 11 is 1.03. The van der Waals surface area contributed by atoms with Gasteiger partial charge in [0.15, 0.2) is 0 Å². The smallest absolute Gasteiger partial charge is 0.339 e. The Labute approximate surface area is 275 Å². The Hall–Kier alpha value is -2.86. The van der Waals surface area contributed by atoms with E-state index in [1.807, 2.05) is 11.8 Å². The third kappa shape index (κ3) is 8.79. The summed E-state index contributed by atoms with van der Waals surface area (Å²) in [6.07, 6.45) is 0.773. The van der Waals surface area contributed by atoms with Crippen molar-refractivity contribution in [1.29, 1.82) is 0 Å². The van der Waals surface area contributed by atoms with Gasteiger partial charge in [-0.1, -0.05) is 13.0 Å². The number of alkyl halides is 2. The van der Waals surface area contributed by atoms with Crippen molar-refractivity contribution in [3.05, 3.63) is 34.7 Å². The number of benzene rings is 1. The summed E-state index contributed by atoms with van der Waals surface area (Å²) in [4.78, 5) is 65.9. The summed E-state index contributed by atoms with van der Waals surface area (Å²) in [5, 5.41) is 20.0. The monoisotopic (exact) mass is 721 g/mol. The predicted molar refractivity (Wildman–Crippen MR) is 170 cm³/mol. The number of primary sulfonamides is 1. The number of nitrogens with two attached hydrogens (primary N) is 1. The molecule has 1 aromatic heterocycles. The zero-order valence-corrected chi connectivity index (χ0v) is 28.3. The molecule has 47 heavy (non-hydrogen) atoms. The molecule has 3 heterocycles. The molecular formula is C28H38F2N5O9PS2. The molecule has 1 aromatic carbocycles. The minimum Gasteiger partial charge on any atom is -0.480 e. The molecule has 260 valence electrons. The Kier molecular flexibility index (Phi) is 11.9. The van der Waals surface area contributed by atoms with Crippen molar-refractivity contribution in [2.45, 2.75) is 69.4 Å². The maximum atomic E-state index is 14.8. The Morgan fingerprint density at radius 2 is 1.94 bits per heavy atom. The molecule has 6 N–H and O–H groups in total. The first-order valence-electron chi connectivity index (χ1n) is 15.0. The number of amides is 3. The van der Waals surface area contributed by atoms with Gasteiger partial charge < -0.3 is 35.0 Å². The van der Waals surface area contributed by atoms with Gasteiger partial charge in [0.2, 0.25) is 30.2 Å². The third-order valence-electron chi connectivity index (χ3n) is 8.21. The molecule has 2 aliphatic rings. The van der Waals surface area contributed by atoms with E-state index in [2.05, 4.69) is 10.6 Å². The van der Waals surface area contributed by atoms with Gasteiger partial charge in [-0.05, 0) is 62.7 Å². The Bertz CT molecular complexity index is 1610. The lowest BCUT2D eigenvalue weighted by Crippen LogP contribution is -2.61. The zero-order chi connectivity index (χ0) is 34.7. The number of carbonyl (C=O) groups is 4. The van der Waals surface area contributed by atoms with Gasteiger partial charge in [-0.15, -0.1) is 11.3 Å². The lowest BCUT2D eigenvalue weighted by atomic mass is 10.1. The highest BCUT2D eigenvalue weighted by Gasteiger charge is 2.46. The summed E-state index contributed by atoms with van der Waals surface area (Å²) in [6, 6.07) is 1.12. The number of thiophene rings is 1. The third-order valence-corrected chi connectivity index (χ3v) is 11.4. The van der Waals surface area contributed by atoms with E-state index in [9.17, 15) is 46.4 Å². The van der Waals surface area contributed by atoms with Gasteiger partial charge in [0.25, 0.3) is 5.91 Å². The molecule has 2 aromatic rings. The number of aliphatic carboxylic acids is 1.